The zero-order valence-corrected chi connectivity index (χ0v) is 21.8. The van der Waals surface area contributed by atoms with E-state index in [0.717, 1.165) is 44.2 Å². The average molecular weight is 482 g/mol. The Hall–Kier alpha value is -1.53. The van der Waals surface area contributed by atoms with Gasteiger partial charge in [0.25, 0.3) is 0 Å². The molecule has 6 heteroatoms. The molecule has 190 valence electrons. The number of piperidine rings is 1. The van der Waals surface area contributed by atoms with Gasteiger partial charge < -0.3 is 9.47 Å². The third kappa shape index (κ3) is 2.43. The van der Waals surface area contributed by atoms with Gasteiger partial charge in [-0.15, -0.1) is 0 Å². The molecule has 6 fully saturated rings. The van der Waals surface area contributed by atoms with Gasteiger partial charge in [-0.1, -0.05) is 33.3 Å². The van der Waals surface area contributed by atoms with Gasteiger partial charge in [-0.05, 0) is 67.8 Å². The molecule has 4 heterocycles. The molecule has 7 aliphatic rings. The molecule has 0 aromatic carbocycles. The van der Waals surface area contributed by atoms with Gasteiger partial charge in [-0.3, -0.25) is 14.4 Å². The highest BCUT2D eigenvalue weighted by Crippen LogP contribution is 2.77. The summed E-state index contributed by atoms with van der Waals surface area (Å²) in [6, 6.07) is 0. The second-order valence-electron chi connectivity index (χ2n) is 14.1. The molecule has 1 spiro atoms. The van der Waals surface area contributed by atoms with Crippen LogP contribution in [-0.2, 0) is 23.9 Å². The second kappa shape index (κ2) is 6.48. The van der Waals surface area contributed by atoms with E-state index in [1.165, 1.54) is 0 Å². The van der Waals surface area contributed by atoms with Crippen molar-refractivity contribution in [3.8, 4) is 0 Å². The summed E-state index contributed by atoms with van der Waals surface area (Å²) < 4.78 is 13.4. The van der Waals surface area contributed by atoms with E-state index < -0.39 is 16.6 Å². The Kier molecular flexibility index (Phi) is 4.19. The first-order chi connectivity index (χ1) is 16.4. The molecule has 35 heavy (non-hydrogen) atoms. The Bertz CT molecular complexity index is 1100. The number of ether oxygens (including phenoxy) is 2. The SMILES string of the molecule is CC1=CC(=O)[C@H]2CC(=O)C3[C@@](C)(C[C@@]45OC(=O)C[C@@]3(C)[C@]4(C)CC[C@]34C[C@@H](C)C[C@@H](CN35)O4)[C@@H]2C1. The summed E-state index contributed by atoms with van der Waals surface area (Å²) in [6.45, 7) is 11.9. The maximum Gasteiger partial charge on any atom is 0.308 e. The van der Waals surface area contributed by atoms with E-state index in [0.29, 0.717) is 18.8 Å². The standard InChI is InChI=1S/C29H39NO5/c1-16-9-20-19(21(31)10-16)11-22(32)24-25(20,3)15-29-27(5,26(24,4)13-23(33)35-29)6-7-28-12-17(2)8-18(34-28)14-30(28)29/h10,17-20,24H,6-9,11-15H2,1-5H3/t17-,18-,19-,20+,24?,25-,26+,27-,28-,29+/m0/s1. The minimum absolute atomic E-state index is 0.0972. The lowest BCUT2D eigenvalue weighted by Crippen LogP contribution is -2.82. The molecule has 4 saturated heterocycles. The van der Waals surface area contributed by atoms with Crippen LogP contribution in [0.5, 0.6) is 0 Å². The monoisotopic (exact) mass is 481 g/mol. The van der Waals surface area contributed by atoms with Gasteiger partial charge in [0.2, 0.25) is 0 Å². The number of fused-ring (bicyclic) bond motifs is 5. The van der Waals surface area contributed by atoms with Gasteiger partial charge >= 0.3 is 5.97 Å². The van der Waals surface area contributed by atoms with Crippen LogP contribution in [0.1, 0.15) is 86.0 Å². The van der Waals surface area contributed by atoms with Crippen LogP contribution in [0.2, 0.25) is 0 Å². The number of carbonyl (C=O) groups is 3. The minimum atomic E-state index is -0.806. The van der Waals surface area contributed by atoms with E-state index >= 15 is 0 Å². The molecule has 7 rings (SSSR count). The fourth-order valence-corrected chi connectivity index (χ4v) is 11.0. The summed E-state index contributed by atoms with van der Waals surface area (Å²) in [5.74, 6) is 0.300. The highest BCUT2D eigenvalue weighted by molar-refractivity contribution is 5.99. The highest BCUT2D eigenvalue weighted by Gasteiger charge is 2.82. The number of ketones is 2. The van der Waals surface area contributed by atoms with E-state index in [2.05, 4.69) is 32.6 Å². The van der Waals surface area contributed by atoms with E-state index in [1.54, 1.807) is 6.08 Å². The van der Waals surface area contributed by atoms with E-state index in [-0.39, 0.29) is 59.0 Å². The van der Waals surface area contributed by atoms with Gasteiger partial charge in [0, 0.05) is 36.6 Å². The van der Waals surface area contributed by atoms with Gasteiger partial charge in [0.1, 0.15) is 11.5 Å². The van der Waals surface area contributed by atoms with E-state index in [1.807, 2.05) is 6.92 Å². The van der Waals surface area contributed by atoms with Crippen LogP contribution in [-0.4, -0.2) is 46.5 Å². The molecule has 0 N–H and O–H groups in total. The number of hydrogen-bond donors (Lipinski definition) is 0. The van der Waals surface area contributed by atoms with Crippen molar-refractivity contribution in [2.75, 3.05) is 6.54 Å². The normalized spacial score (nSPS) is 56.9. The van der Waals surface area contributed by atoms with Crippen LogP contribution >= 0.6 is 0 Å². The van der Waals surface area contributed by atoms with Gasteiger partial charge in [0.15, 0.2) is 11.5 Å². The number of Topliss-reactive ketones (excluding diaryl/α,β-unsaturated/α-hetero) is 1. The Morgan fingerprint density at radius 3 is 2.63 bits per heavy atom. The number of esters is 1. The van der Waals surface area contributed by atoms with Crippen molar-refractivity contribution >= 4 is 17.5 Å². The molecule has 0 radical (unpaired) electrons. The number of hydrogen-bond acceptors (Lipinski definition) is 6. The molecule has 1 unspecified atom stereocenters. The van der Waals surface area contributed by atoms with E-state index in [9.17, 15) is 14.4 Å². The first kappa shape index (κ1) is 22.7. The van der Waals surface area contributed by atoms with Crippen LogP contribution < -0.4 is 0 Å². The number of rotatable bonds is 0. The molecule has 3 aliphatic carbocycles. The summed E-state index contributed by atoms with van der Waals surface area (Å²) in [7, 11) is 0. The fraction of sp³-hybridized carbons (Fsp3) is 0.828. The van der Waals surface area contributed by atoms with Crippen LogP contribution in [0.4, 0.5) is 0 Å². The summed E-state index contributed by atoms with van der Waals surface area (Å²) in [5, 5.41) is 0. The Morgan fingerprint density at radius 1 is 1.09 bits per heavy atom. The summed E-state index contributed by atoms with van der Waals surface area (Å²) >= 11 is 0. The molecule has 0 aromatic heterocycles. The second-order valence-corrected chi connectivity index (χ2v) is 14.1. The highest BCUT2D eigenvalue weighted by atomic mass is 16.6. The van der Waals surface area contributed by atoms with Crippen LogP contribution in [0.25, 0.3) is 0 Å². The lowest BCUT2D eigenvalue weighted by atomic mass is 9.34. The molecule has 0 amide bonds. The first-order valence-electron chi connectivity index (χ1n) is 13.8. The van der Waals surface area contributed by atoms with Crippen LogP contribution in [0, 0.1) is 39.9 Å². The van der Waals surface area contributed by atoms with Crippen molar-refractivity contribution in [3.05, 3.63) is 11.6 Å². The molecule has 6 nitrogen and oxygen atoms in total. The smallest absolute Gasteiger partial charge is 0.308 e. The summed E-state index contributed by atoms with van der Waals surface area (Å²) in [4.78, 5) is 43.1. The largest absolute Gasteiger partial charge is 0.443 e. The van der Waals surface area contributed by atoms with Crippen molar-refractivity contribution in [3.63, 3.8) is 0 Å². The third-order valence-electron chi connectivity index (χ3n) is 12.3. The summed E-state index contributed by atoms with van der Waals surface area (Å²) in [5.41, 5.74) is -1.36. The predicted molar refractivity (Wildman–Crippen MR) is 128 cm³/mol. The van der Waals surface area contributed by atoms with Gasteiger partial charge in [-0.2, -0.15) is 0 Å². The molecular weight excluding hydrogens is 442 g/mol. The maximum absolute atomic E-state index is 14.0. The van der Waals surface area contributed by atoms with Crippen molar-refractivity contribution in [2.24, 2.45) is 39.9 Å². The van der Waals surface area contributed by atoms with Crippen molar-refractivity contribution in [1.82, 2.24) is 4.90 Å². The molecular formula is C29H39NO5. The van der Waals surface area contributed by atoms with Crippen molar-refractivity contribution in [1.29, 1.82) is 0 Å². The zero-order valence-electron chi connectivity index (χ0n) is 21.8. The number of allylic oxidation sites excluding steroid dienone is 2. The van der Waals surface area contributed by atoms with Crippen molar-refractivity contribution < 1.29 is 23.9 Å². The lowest BCUT2D eigenvalue weighted by molar-refractivity contribution is -0.379. The Morgan fingerprint density at radius 2 is 1.86 bits per heavy atom. The van der Waals surface area contributed by atoms with Crippen molar-refractivity contribution in [2.45, 2.75) is 104 Å². The minimum Gasteiger partial charge on any atom is -0.443 e. The molecule has 4 bridgehead atoms. The van der Waals surface area contributed by atoms with Crippen LogP contribution in [0.3, 0.4) is 0 Å². The fourth-order valence-electron chi connectivity index (χ4n) is 11.0. The first-order valence-corrected chi connectivity index (χ1v) is 13.8. The maximum atomic E-state index is 14.0. The van der Waals surface area contributed by atoms with Gasteiger partial charge in [-0.25, -0.2) is 4.90 Å². The summed E-state index contributed by atoms with van der Waals surface area (Å²) in [6.07, 6.45) is 7.78. The quantitative estimate of drug-likeness (QED) is 0.477. The third-order valence-corrected chi connectivity index (χ3v) is 12.3. The van der Waals surface area contributed by atoms with Gasteiger partial charge in [0.05, 0.1) is 12.5 Å². The zero-order chi connectivity index (χ0) is 24.8. The average Bonchev–Trinajstić information content (AvgIpc) is 3.01. The Balaban J connectivity index is 1.44. The molecule has 2 saturated carbocycles. The molecule has 10 atom stereocenters. The lowest BCUT2D eigenvalue weighted by Gasteiger charge is -2.76. The van der Waals surface area contributed by atoms with E-state index in [4.69, 9.17) is 9.47 Å². The number of carbonyl (C=O) groups excluding carboxylic acids is 3. The predicted octanol–water partition coefficient (Wildman–Crippen LogP) is 4.41. The molecule has 4 aliphatic heterocycles. The Labute approximate surface area is 208 Å². The topological polar surface area (TPSA) is 72.9 Å². The molecule has 0 aromatic rings. The number of nitrogens with zero attached hydrogens (tertiary/aromatic N) is 1. The van der Waals surface area contributed by atoms with Crippen LogP contribution in [0.15, 0.2) is 11.6 Å².